The van der Waals surface area contributed by atoms with E-state index in [1.165, 1.54) is 0 Å². The van der Waals surface area contributed by atoms with Gasteiger partial charge < -0.3 is 0 Å². The molecule has 0 saturated carbocycles. The molecule has 0 radical (unpaired) electrons. The Labute approximate surface area is 302 Å². The van der Waals surface area contributed by atoms with Gasteiger partial charge in [0, 0.05) is 0 Å². The topological polar surface area (TPSA) is 0 Å². The first-order valence-corrected chi connectivity index (χ1v) is 0. The van der Waals surface area contributed by atoms with Crippen LogP contribution >= 0.6 is 0 Å². The fraction of sp³-hybridized carbons (Fsp3) is 1.00. The third-order valence-corrected chi connectivity index (χ3v) is 0. The van der Waals surface area contributed by atoms with Gasteiger partial charge in [0.2, 0.25) is 0 Å². The molecule has 0 aliphatic heterocycles. The molecule has 0 aliphatic carbocycles. The Bertz CT molecular complexity index is 4.14. The minimum atomic E-state index is 0. The van der Waals surface area contributed by atoms with Gasteiger partial charge in [-0.2, -0.15) is 0 Å². The maximum Gasteiger partial charge on any atom is 1.00 e. The van der Waals surface area contributed by atoms with Gasteiger partial charge in [-0.05, 0) is 0 Å². The maximum atomic E-state index is 0. The first-order chi connectivity index (χ1) is 0. The smallest absolute Gasteiger partial charge is 0.0776 e. The fourth-order valence-electron chi connectivity index (χ4n) is 0. The Morgan fingerprint density at radius 1 is 0.286 bits per heavy atom. The summed E-state index contributed by atoms with van der Waals surface area (Å²) in [6, 6.07) is 0. The van der Waals surface area contributed by atoms with E-state index >= 15 is 0 Å². The van der Waals surface area contributed by atoms with Gasteiger partial charge in [-0.25, -0.2) is 0 Å². The molecule has 0 atom stereocenters. The van der Waals surface area contributed by atoms with E-state index in [9.17, 15) is 0 Å². The van der Waals surface area contributed by atoms with Crippen molar-refractivity contribution in [3.8, 4) is 0 Å². The summed E-state index contributed by atoms with van der Waals surface area (Å²) in [5.74, 6) is 0. The molecule has 0 saturated heterocycles. The van der Waals surface area contributed by atoms with Crippen LogP contribution in [0.4, 0.5) is 0 Å². The van der Waals surface area contributed by atoms with Crippen molar-refractivity contribution in [3.05, 3.63) is 0 Å². The molecule has 0 fully saturated rings. The molecule has 0 aromatic carbocycles. The minimum absolute atomic E-state index is 0. The van der Waals surface area contributed by atoms with Crippen LogP contribution in [-0.4, -0.2) is 0 Å². The molecule has 8 valence electrons. The molecule has 0 spiro atoms. The van der Waals surface area contributed by atoms with Crippen molar-refractivity contribution in [1.82, 2.24) is 0 Å². The zero-order valence-corrected chi connectivity index (χ0v) is 24.7. The van der Waals surface area contributed by atoms with Gasteiger partial charge in [0.15, 0.2) is 0 Å². The van der Waals surface area contributed by atoms with Crippen LogP contribution in [0.25, 0.3) is 0 Å². The van der Waals surface area contributed by atoms with Crippen molar-refractivity contribution in [1.29, 1.82) is 0 Å². The van der Waals surface area contributed by atoms with Crippen LogP contribution in [-0.2, 0) is 0 Å². The second kappa shape index (κ2) is 36.0. The van der Waals surface area contributed by atoms with Crippen LogP contribution in [0.2, 0.25) is 0 Å². The predicted octanol–water partition coefficient (Wildman–Crippen LogP) is -17.3. The van der Waals surface area contributed by atoms with Crippen molar-refractivity contribution in [2.75, 3.05) is 0 Å². The summed E-state index contributed by atoms with van der Waals surface area (Å²) in [6.07, 6.45) is 0. The molecular formula is CH4K6+6. The molecule has 0 aromatic rings. The number of hydrogen-bond acceptors (Lipinski definition) is 0. The van der Waals surface area contributed by atoms with Crippen LogP contribution in [0.1, 0.15) is 7.43 Å². The molecule has 7 heavy (non-hydrogen) atoms. The third kappa shape index (κ3) is 31.3. The molecule has 6 heteroatoms. The van der Waals surface area contributed by atoms with Crippen molar-refractivity contribution in [3.63, 3.8) is 0 Å². The Hall–Kier alpha value is 9.82. The second-order valence-corrected chi connectivity index (χ2v) is 0. The Morgan fingerprint density at radius 2 is 0.286 bits per heavy atom. The van der Waals surface area contributed by atoms with Gasteiger partial charge in [-0.1, -0.05) is 7.43 Å². The zero-order chi connectivity index (χ0) is 0. The van der Waals surface area contributed by atoms with Crippen LogP contribution < -0.4 is 308 Å². The molecule has 0 heterocycles. The van der Waals surface area contributed by atoms with Crippen molar-refractivity contribution >= 4 is 0 Å². The molecule has 0 aliphatic rings. The van der Waals surface area contributed by atoms with Crippen LogP contribution in [0, 0.1) is 0 Å². The van der Waals surface area contributed by atoms with E-state index in [-0.39, 0.29) is 316 Å². The van der Waals surface area contributed by atoms with Gasteiger partial charge in [-0.15, -0.1) is 0 Å². The van der Waals surface area contributed by atoms with Crippen molar-refractivity contribution < 1.29 is 308 Å². The normalized spacial score (nSPS) is 0. The van der Waals surface area contributed by atoms with Gasteiger partial charge in [0.05, 0.1) is 0 Å². The van der Waals surface area contributed by atoms with E-state index in [0.29, 0.717) is 0 Å². The SMILES string of the molecule is C.[K+].[K+].[K+].[K+].[K+].[K+]. The second-order valence-electron chi connectivity index (χ2n) is 0. The molecule has 0 nitrogen and oxygen atoms in total. The van der Waals surface area contributed by atoms with Gasteiger partial charge in [-0.3, -0.25) is 0 Å². The fourth-order valence-corrected chi connectivity index (χ4v) is 0. The van der Waals surface area contributed by atoms with Crippen molar-refractivity contribution in [2.45, 2.75) is 7.43 Å². The first kappa shape index (κ1) is 43.7. The summed E-state index contributed by atoms with van der Waals surface area (Å²) in [6.45, 7) is 0. The molecule has 0 amide bonds. The van der Waals surface area contributed by atoms with E-state index in [4.69, 9.17) is 0 Å². The van der Waals surface area contributed by atoms with Gasteiger partial charge in [0.1, 0.15) is 0 Å². The average molecular weight is 251 g/mol. The number of hydrogen-bond donors (Lipinski definition) is 0. The van der Waals surface area contributed by atoms with E-state index in [1.807, 2.05) is 0 Å². The molecule has 0 bridgehead atoms. The molecule has 0 unspecified atom stereocenters. The summed E-state index contributed by atoms with van der Waals surface area (Å²) in [4.78, 5) is 0. The largest absolute Gasteiger partial charge is 1.00 e. The summed E-state index contributed by atoms with van der Waals surface area (Å²) in [7, 11) is 0. The van der Waals surface area contributed by atoms with E-state index in [0.717, 1.165) is 0 Å². The maximum absolute atomic E-state index is 0. The van der Waals surface area contributed by atoms with Crippen LogP contribution in [0.3, 0.4) is 0 Å². The molecule has 0 N–H and O–H groups in total. The Kier molecular flexibility index (Phi) is 225. The monoisotopic (exact) mass is 250 g/mol. The summed E-state index contributed by atoms with van der Waals surface area (Å²) >= 11 is 0. The predicted molar refractivity (Wildman–Crippen MR) is 6.73 cm³/mol. The first-order valence-electron chi connectivity index (χ1n) is 0. The molecular weight excluding hydrogens is 247 g/mol. The van der Waals surface area contributed by atoms with Gasteiger partial charge in [0.25, 0.3) is 0 Å². The van der Waals surface area contributed by atoms with E-state index in [2.05, 4.69) is 0 Å². The van der Waals surface area contributed by atoms with Crippen LogP contribution in [0.5, 0.6) is 0 Å². The summed E-state index contributed by atoms with van der Waals surface area (Å²) < 4.78 is 0. The minimum Gasteiger partial charge on any atom is -0.0776 e. The third-order valence-electron chi connectivity index (χ3n) is 0. The van der Waals surface area contributed by atoms with E-state index in [1.54, 1.807) is 0 Å². The Morgan fingerprint density at radius 3 is 0.286 bits per heavy atom. The molecule has 0 aromatic heterocycles. The average Bonchev–Trinajstić information content (AvgIpc) is 0. The summed E-state index contributed by atoms with van der Waals surface area (Å²) in [5.41, 5.74) is 0. The zero-order valence-electron chi connectivity index (χ0n) is 6.00. The van der Waals surface area contributed by atoms with Gasteiger partial charge >= 0.3 is 308 Å². The molecule has 0 rings (SSSR count). The standard InChI is InChI=1S/CH4.6K/h1H4;;;;;;/q;6*+1. The number of rotatable bonds is 0. The Balaban J connectivity index is 0. The van der Waals surface area contributed by atoms with E-state index < -0.39 is 0 Å². The quantitative estimate of drug-likeness (QED) is 0.375. The summed E-state index contributed by atoms with van der Waals surface area (Å²) in [5, 5.41) is 0. The van der Waals surface area contributed by atoms with Crippen molar-refractivity contribution in [2.24, 2.45) is 0 Å². The van der Waals surface area contributed by atoms with Crippen LogP contribution in [0.15, 0.2) is 0 Å².